The molecule has 0 saturated carbocycles. The molecule has 0 unspecified atom stereocenters. The molecule has 0 aliphatic carbocycles. The van der Waals surface area contributed by atoms with Gasteiger partial charge in [0.15, 0.2) is 0 Å². The second-order valence-corrected chi connectivity index (χ2v) is 4.19. The number of benzene rings is 2. The van der Waals surface area contributed by atoms with Gasteiger partial charge in [0.2, 0.25) is 0 Å². The molecule has 0 spiro atoms. The van der Waals surface area contributed by atoms with E-state index < -0.39 is 17.6 Å². The van der Waals surface area contributed by atoms with E-state index in [-0.39, 0.29) is 16.9 Å². The summed E-state index contributed by atoms with van der Waals surface area (Å²) in [4.78, 5) is 0. The maximum Gasteiger partial charge on any atom is 0.416 e. The van der Waals surface area contributed by atoms with E-state index in [9.17, 15) is 22.7 Å². The third kappa shape index (κ3) is 2.70. The molecule has 0 bridgehead atoms. The first-order valence-corrected chi connectivity index (χ1v) is 5.46. The molecule has 19 heavy (non-hydrogen) atoms. The van der Waals surface area contributed by atoms with Crippen molar-refractivity contribution in [3.05, 3.63) is 53.3 Å². The molecule has 0 atom stereocenters. The van der Waals surface area contributed by atoms with Gasteiger partial charge < -0.3 is 5.11 Å². The highest BCUT2D eigenvalue weighted by Crippen LogP contribution is 2.34. The average Bonchev–Trinajstić information content (AvgIpc) is 2.32. The highest BCUT2D eigenvalue weighted by Gasteiger charge is 2.31. The van der Waals surface area contributed by atoms with E-state index in [2.05, 4.69) is 0 Å². The van der Waals surface area contributed by atoms with Gasteiger partial charge in [0.25, 0.3) is 0 Å². The molecule has 0 amide bonds. The Hall–Kier alpha value is -2.04. The number of halogens is 4. The number of rotatable bonds is 1. The maximum atomic E-state index is 13.6. The van der Waals surface area contributed by atoms with Crippen LogP contribution in [0.25, 0.3) is 11.1 Å². The van der Waals surface area contributed by atoms with E-state index in [1.165, 1.54) is 18.2 Å². The molecule has 0 radical (unpaired) electrons. The van der Waals surface area contributed by atoms with E-state index in [1.807, 2.05) is 0 Å². The van der Waals surface area contributed by atoms with Crippen molar-refractivity contribution in [1.82, 2.24) is 0 Å². The number of aryl methyl sites for hydroxylation is 1. The van der Waals surface area contributed by atoms with Gasteiger partial charge in [-0.05, 0) is 42.3 Å². The summed E-state index contributed by atoms with van der Waals surface area (Å²) in [5.41, 5.74) is -0.350. The SMILES string of the molecule is Cc1ccc(-c2cc(C(F)(F)F)ccc2F)cc1O. The van der Waals surface area contributed by atoms with Crippen molar-refractivity contribution in [2.24, 2.45) is 0 Å². The Morgan fingerprint density at radius 1 is 1.00 bits per heavy atom. The Morgan fingerprint density at radius 2 is 1.68 bits per heavy atom. The Labute approximate surface area is 107 Å². The minimum absolute atomic E-state index is 0.0886. The number of phenols is 1. The van der Waals surface area contributed by atoms with E-state index in [4.69, 9.17) is 0 Å². The lowest BCUT2D eigenvalue weighted by molar-refractivity contribution is -0.137. The van der Waals surface area contributed by atoms with Crippen LogP contribution in [0.4, 0.5) is 17.6 Å². The van der Waals surface area contributed by atoms with E-state index in [0.717, 1.165) is 12.1 Å². The molecule has 0 aliphatic heterocycles. The number of aromatic hydroxyl groups is 1. The smallest absolute Gasteiger partial charge is 0.416 e. The van der Waals surface area contributed by atoms with Gasteiger partial charge in [-0.25, -0.2) is 4.39 Å². The first kappa shape index (κ1) is 13.4. The molecule has 0 aliphatic rings. The molecule has 0 heterocycles. The molecule has 2 aromatic carbocycles. The van der Waals surface area contributed by atoms with Crippen LogP contribution in [0.15, 0.2) is 36.4 Å². The largest absolute Gasteiger partial charge is 0.508 e. The van der Waals surface area contributed by atoms with Crippen LogP contribution >= 0.6 is 0 Å². The third-order valence-electron chi connectivity index (χ3n) is 2.81. The topological polar surface area (TPSA) is 20.2 Å². The Kier molecular flexibility index (Phi) is 3.22. The lowest BCUT2D eigenvalue weighted by atomic mass is 10.0. The quantitative estimate of drug-likeness (QED) is 0.755. The minimum Gasteiger partial charge on any atom is -0.508 e. The van der Waals surface area contributed by atoms with Crippen molar-refractivity contribution in [3.8, 4) is 16.9 Å². The molecular formula is C14H10F4O. The first-order valence-electron chi connectivity index (χ1n) is 5.46. The summed E-state index contributed by atoms with van der Waals surface area (Å²) in [6.07, 6.45) is -4.53. The Bertz CT molecular complexity index is 617. The van der Waals surface area contributed by atoms with Crippen LogP contribution < -0.4 is 0 Å². The lowest BCUT2D eigenvalue weighted by Gasteiger charge is -2.10. The van der Waals surface area contributed by atoms with Gasteiger partial charge >= 0.3 is 6.18 Å². The van der Waals surface area contributed by atoms with Crippen molar-refractivity contribution >= 4 is 0 Å². The van der Waals surface area contributed by atoms with Gasteiger partial charge in [0.05, 0.1) is 5.56 Å². The first-order chi connectivity index (χ1) is 8.79. The molecule has 0 aromatic heterocycles. The van der Waals surface area contributed by atoms with Gasteiger partial charge in [-0.3, -0.25) is 0 Å². The molecule has 1 nitrogen and oxygen atoms in total. The summed E-state index contributed by atoms with van der Waals surface area (Å²) in [5, 5.41) is 9.54. The average molecular weight is 270 g/mol. The summed E-state index contributed by atoms with van der Waals surface area (Å²) < 4.78 is 51.4. The zero-order valence-electron chi connectivity index (χ0n) is 9.92. The van der Waals surface area contributed by atoms with E-state index in [1.54, 1.807) is 6.92 Å². The van der Waals surface area contributed by atoms with Crippen LogP contribution in [-0.2, 0) is 6.18 Å². The van der Waals surface area contributed by atoms with Crippen LogP contribution in [0, 0.1) is 12.7 Å². The lowest BCUT2D eigenvalue weighted by Crippen LogP contribution is -2.05. The van der Waals surface area contributed by atoms with Crippen LogP contribution in [0.2, 0.25) is 0 Å². The second-order valence-electron chi connectivity index (χ2n) is 4.19. The highest BCUT2D eigenvalue weighted by molar-refractivity contribution is 5.67. The number of phenolic OH excluding ortho intramolecular Hbond substituents is 1. The van der Waals surface area contributed by atoms with Crippen LogP contribution in [-0.4, -0.2) is 5.11 Å². The Balaban J connectivity index is 2.58. The zero-order valence-corrected chi connectivity index (χ0v) is 9.92. The molecular weight excluding hydrogens is 260 g/mol. The molecule has 5 heteroatoms. The van der Waals surface area contributed by atoms with Gasteiger partial charge in [0, 0.05) is 5.56 Å². The molecule has 0 fully saturated rings. The van der Waals surface area contributed by atoms with E-state index in [0.29, 0.717) is 11.6 Å². The standard InChI is InChI=1S/C14H10F4O/c1-8-2-3-9(6-13(8)19)11-7-10(14(16,17)18)4-5-12(11)15/h2-7,19H,1H3. The predicted molar refractivity (Wildman–Crippen MR) is 63.2 cm³/mol. The summed E-state index contributed by atoms with van der Waals surface area (Å²) in [7, 11) is 0. The van der Waals surface area contributed by atoms with Crippen LogP contribution in [0.1, 0.15) is 11.1 Å². The summed E-state index contributed by atoms with van der Waals surface area (Å²) in [6, 6.07) is 6.42. The molecule has 0 saturated heterocycles. The van der Waals surface area contributed by atoms with Crippen LogP contribution in [0.3, 0.4) is 0 Å². The van der Waals surface area contributed by atoms with Crippen molar-refractivity contribution < 1.29 is 22.7 Å². The van der Waals surface area contributed by atoms with Gasteiger partial charge in [-0.2, -0.15) is 13.2 Å². The maximum absolute atomic E-state index is 13.6. The van der Waals surface area contributed by atoms with Crippen molar-refractivity contribution in [1.29, 1.82) is 0 Å². The summed E-state index contributed by atoms with van der Waals surface area (Å²) in [6.45, 7) is 1.64. The fourth-order valence-corrected chi connectivity index (χ4v) is 1.70. The summed E-state index contributed by atoms with van der Waals surface area (Å²) >= 11 is 0. The zero-order chi connectivity index (χ0) is 14.2. The van der Waals surface area contributed by atoms with Gasteiger partial charge in [0.1, 0.15) is 11.6 Å². The molecule has 2 rings (SSSR count). The van der Waals surface area contributed by atoms with Crippen molar-refractivity contribution in [2.45, 2.75) is 13.1 Å². The number of hydrogen-bond acceptors (Lipinski definition) is 1. The Morgan fingerprint density at radius 3 is 2.26 bits per heavy atom. The normalized spacial score (nSPS) is 11.6. The second kappa shape index (κ2) is 4.57. The van der Waals surface area contributed by atoms with Crippen LogP contribution in [0.5, 0.6) is 5.75 Å². The monoisotopic (exact) mass is 270 g/mol. The van der Waals surface area contributed by atoms with Gasteiger partial charge in [-0.1, -0.05) is 12.1 Å². The third-order valence-corrected chi connectivity index (χ3v) is 2.81. The minimum atomic E-state index is -4.53. The summed E-state index contributed by atoms with van der Waals surface area (Å²) in [5.74, 6) is -0.856. The fourth-order valence-electron chi connectivity index (χ4n) is 1.70. The highest BCUT2D eigenvalue weighted by atomic mass is 19.4. The van der Waals surface area contributed by atoms with Crippen molar-refractivity contribution in [3.63, 3.8) is 0 Å². The molecule has 1 N–H and O–H groups in total. The molecule has 2 aromatic rings. The fraction of sp³-hybridized carbons (Fsp3) is 0.143. The van der Waals surface area contributed by atoms with Gasteiger partial charge in [-0.15, -0.1) is 0 Å². The number of alkyl halides is 3. The predicted octanol–water partition coefficient (Wildman–Crippen LogP) is 4.53. The number of hydrogen-bond donors (Lipinski definition) is 1. The van der Waals surface area contributed by atoms with Crippen molar-refractivity contribution in [2.75, 3.05) is 0 Å². The van der Waals surface area contributed by atoms with E-state index >= 15 is 0 Å². The molecule has 100 valence electrons.